The number of aromatic nitrogens is 4. The maximum Gasteiger partial charge on any atom is 0.307 e. The van der Waals surface area contributed by atoms with Crippen molar-refractivity contribution in [3.8, 4) is 0 Å². The van der Waals surface area contributed by atoms with E-state index in [0.717, 1.165) is 30.8 Å². The molecule has 0 amide bonds. The van der Waals surface area contributed by atoms with Gasteiger partial charge in [-0.2, -0.15) is 5.21 Å². The number of benzene rings is 1. The lowest BCUT2D eigenvalue weighted by Crippen LogP contribution is -2.28. The van der Waals surface area contributed by atoms with E-state index in [1.165, 1.54) is 0 Å². The Morgan fingerprint density at radius 3 is 2.63 bits per heavy atom. The smallest absolute Gasteiger partial charge is 0.307 e. The molecular formula is C19H30N6O2. The summed E-state index contributed by atoms with van der Waals surface area (Å²) in [4.78, 5) is 16.2. The molecule has 0 aliphatic carbocycles. The van der Waals surface area contributed by atoms with Crippen molar-refractivity contribution in [3.63, 3.8) is 0 Å². The zero-order valence-electron chi connectivity index (χ0n) is 16.6. The second-order valence-corrected chi connectivity index (χ2v) is 7.21. The Kier molecular flexibility index (Phi) is 7.72. The predicted molar refractivity (Wildman–Crippen MR) is 105 cm³/mol. The van der Waals surface area contributed by atoms with E-state index in [-0.39, 0.29) is 5.92 Å². The molecule has 27 heavy (non-hydrogen) atoms. The molecule has 0 saturated heterocycles. The molecule has 0 saturated carbocycles. The third kappa shape index (κ3) is 6.02. The lowest BCUT2D eigenvalue weighted by Gasteiger charge is -2.24. The van der Waals surface area contributed by atoms with Crippen molar-refractivity contribution in [1.82, 2.24) is 25.5 Å². The van der Waals surface area contributed by atoms with Crippen LogP contribution in [-0.2, 0) is 11.2 Å². The van der Waals surface area contributed by atoms with E-state index in [2.05, 4.69) is 63.7 Å². The number of nitrogens with zero attached hydrogens (tertiary/aromatic N) is 5. The summed E-state index contributed by atoms with van der Waals surface area (Å²) >= 11 is 0. The van der Waals surface area contributed by atoms with E-state index in [1.54, 1.807) is 0 Å². The number of aliphatic carboxylic acids is 1. The predicted octanol–water partition coefficient (Wildman–Crippen LogP) is 2.02. The molecule has 2 N–H and O–H groups in total. The first-order valence-corrected chi connectivity index (χ1v) is 9.33. The topological polar surface area (TPSA) is 98.2 Å². The molecule has 1 aromatic carbocycles. The van der Waals surface area contributed by atoms with Crippen LogP contribution in [-0.4, -0.2) is 70.8 Å². The number of carboxylic acids is 1. The molecule has 148 valence electrons. The molecule has 8 nitrogen and oxygen atoms in total. The van der Waals surface area contributed by atoms with Crippen molar-refractivity contribution in [1.29, 1.82) is 0 Å². The third-order valence-electron chi connectivity index (χ3n) is 4.79. The van der Waals surface area contributed by atoms with Gasteiger partial charge in [0.05, 0.1) is 5.92 Å². The normalized spacial score (nSPS) is 13.5. The van der Waals surface area contributed by atoms with Gasteiger partial charge in [-0.3, -0.25) is 4.79 Å². The number of tetrazole rings is 1. The minimum Gasteiger partial charge on any atom is -0.481 e. The van der Waals surface area contributed by atoms with Crippen LogP contribution in [0.2, 0.25) is 0 Å². The molecule has 2 aromatic rings. The summed E-state index contributed by atoms with van der Waals surface area (Å²) in [6.07, 6.45) is 1.93. The number of H-pyrrole nitrogens is 1. The summed E-state index contributed by atoms with van der Waals surface area (Å²) in [7, 11) is 6.18. The minimum atomic E-state index is -0.814. The van der Waals surface area contributed by atoms with E-state index in [4.69, 9.17) is 0 Å². The molecule has 0 radical (unpaired) electrons. The Labute approximate surface area is 160 Å². The molecule has 1 heterocycles. The summed E-state index contributed by atoms with van der Waals surface area (Å²) < 4.78 is 0. The van der Waals surface area contributed by atoms with Gasteiger partial charge < -0.3 is 14.9 Å². The summed E-state index contributed by atoms with van der Waals surface area (Å²) in [5, 5.41) is 24.0. The van der Waals surface area contributed by atoms with Gasteiger partial charge in [-0.25, -0.2) is 0 Å². The van der Waals surface area contributed by atoms with Gasteiger partial charge >= 0.3 is 5.97 Å². The summed E-state index contributed by atoms with van der Waals surface area (Å²) in [5.41, 5.74) is 2.19. The Morgan fingerprint density at radius 1 is 1.26 bits per heavy atom. The monoisotopic (exact) mass is 374 g/mol. The van der Waals surface area contributed by atoms with Crippen molar-refractivity contribution in [3.05, 3.63) is 35.7 Å². The first kappa shape index (κ1) is 20.8. The molecule has 8 heteroatoms. The molecular weight excluding hydrogens is 344 g/mol. The Hall–Kier alpha value is -2.48. The van der Waals surface area contributed by atoms with Crippen LogP contribution in [0.25, 0.3) is 0 Å². The highest BCUT2D eigenvalue weighted by molar-refractivity contribution is 5.71. The Balaban J connectivity index is 2.22. The average Bonchev–Trinajstić information content (AvgIpc) is 3.17. The molecule has 0 spiro atoms. The molecule has 0 bridgehead atoms. The molecule has 1 aromatic heterocycles. The highest BCUT2D eigenvalue weighted by atomic mass is 16.4. The van der Waals surface area contributed by atoms with Crippen molar-refractivity contribution in [2.24, 2.45) is 5.92 Å². The first-order valence-electron chi connectivity index (χ1n) is 9.33. The maximum atomic E-state index is 11.8. The van der Waals surface area contributed by atoms with Crippen LogP contribution in [0.1, 0.15) is 37.1 Å². The van der Waals surface area contributed by atoms with E-state index in [9.17, 15) is 9.90 Å². The number of carboxylic acid groups (broad SMARTS) is 1. The number of hydrogen-bond donors (Lipinski definition) is 2. The summed E-state index contributed by atoms with van der Waals surface area (Å²) in [5.74, 6) is -1.21. The van der Waals surface area contributed by atoms with Crippen LogP contribution >= 0.6 is 0 Å². The van der Waals surface area contributed by atoms with Crippen molar-refractivity contribution in [2.75, 3.05) is 39.1 Å². The quantitative estimate of drug-likeness (QED) is 0.621. The third-order valence-corrected chi connectivity index (χ3v) is 4.79. The van der Waals surface area contributed by atoms with Gasteiger partial charge in [-0.05, 0) is 44.6 Å². The lowest BCUT2D eigenvalue weighted by atomic mass is 9.83. The molecule has 2 rings (SSSR count). The fourth-order valence-corrected chi connectivity index (χ4v) is 3.20. The van der Waals surface area contributed by atoms with Crippen LogP contribution in [0.4, 0.5) is 5.69 Å². The number of likely N-dealkylation sites (N-methyl/N-ethyl adjacent to an activating group) is 2. The van der Waals surface area contributed by atoms with Crippen molar-refractivity contribution < 1.29 is 9.90 Å². The number of aromatic amines is 1. The molecule has 2 atom stereocenters. The van der Waals surface area contributed by atoms with Crippen LogP contribution in [0, 0.1) is 5.92 Å². The van der Waals surface area contributed by atoms with Crippen LogP contribution < -0.4 is 4.90 Å². The standard InChI is InChI=1S/C19H30N6O2/c1-5-7-16(19(26)27)17(18-20-22-23-21-18)13-14-8-6-9-15(12-14)25(4)11-10-24(2)3/h6,8-9,12,16-17H,5,7,10-11,13H2,1-4H3,(H,26,27)(H,20,21,22,23). The SMILES string of the molecule is CCCC(C(=O)O)C(Cc1cccc(N(C)CCN(C)C)c1)c1nn[nH]n1. The maximum absolute atomic E-state index is 11.8. The van der Waals surface area contributed by atoms with Gasteiger partial charge in [-0.1, -0.05) is 30.7 Å². The second-order valence-electron chi connectivity index (χ2n) is 7.21. The summed E-state index contributed by atoms with van der Waals surface area (Å²) in [6, 6.07) is 8.23. The minimum absolute atomic E-state index is 0.316. The summed E-state index contributed by atoms with van der Waals surface area (Å²) in [6.45, 7) is 3.87. The fraction of sp³-hybridized carbons (Fsp3) is 0.579. The van der Waals surface area contributed by atoms with Crippen LogP contribution in [0.15, 0.2) is 24.3 Å². The molecule has 0 fully saturated rings. The van der Waals surface area contributed by atoms with Gasteiger partial charge in [-0.15, -0.1) is 10.2 Å². The largest absolute Gasteiger partial charge is 0.481 e. The van der Waals surface area contributed by atoms with Gasteiger partial charge in [0, 0.05) is 31.7 Å². The van der Waals surface area contributed by atoms with Crippen molar-refractivity contribution in [2.45, 2.75) is 32.1 Å². The molecule has 0 aliphatic rings. The van der Waals surface area contributed by atoms with Gasteiger partial charge in [0.1, 0.15) is 0 Å². The Bertz CT molecular complexity index is 704. The highest BCUT2D eigenvalue weighted by Crippen LogP contribution is 2.30. The fourth-order valence-electron chi connectivity index (χ4n) is 3.20. The second kappa shape index (κ2) is 10.0. The van der Waals surface area contributed by atoms with E-state index >= 15 is 0 Å². The molecule has 2 unspecified atom stereocenters. The molecule has 0 aliphatic heterocycles. The van der Waals surface area contributed by atoms with E-state index in [0.29, 0.717) is 18.7 Å². The number of rotatable bonds is 11. The first-order chi connectivity index (χ1) is 12.9. The average molecular weight is 374 g/mol. The van der Waals surface area contributed by atoms with Crippen molar-refractivity contribution >= 4 is 11.7 Å². The van der Waals surface area contributed by atoms with E-state index < -0.39 is 11.9 Å². The zero-order valence-corrected chi connectivity index (χ0v) is 16.6. The van der Waals surface area contributed by atoms with Crippen LogP contribution in [0.5, 0.6) is 0 Å². The Morgan fingerprint density at radius 2 is 2.04 bits per heavy atom. The lowest BCUT2D eigenvalue weighted by molar-refractivity contribution is -0.142. The number of nitrogens with one attached hydrogen (secondary N) is 1. The zero-order chi connectivity index (χ0) is 19.8. The van der Waals surface area contributed by atoms with Gasteiger partial charge in [0.25, 0.3) is 0 Å². The van der Waals surface area contributed by atoms with E-state index in [1.807, 2.05) is 19.1 Å². The van der Waals surface area contributed by atoms with Crippen LogP contribution in [0.3, 0.4) is 0 Å². The highest BCUT2D eigenvalue weighted by Gasteiger charge is 2.32. The van der Waals surface area contributed by atoms with Gasteiger partial charge in [0.15, 0.2) is 5.82 Å². The van der Waals surface area contributed by atoms with Gasteiger partial charge in [0.2, 0.25) is 0 Å². The number of hydrogen-bond acceptors (Lipinski definition) is 6. The number of carbonyl (C=O) groups is 1. The number of anilines is 1.